The largest absolute Gasteiger partial charge is 0.346 e. The van der Waals surface area contributed by atoms with E-state index in [-0.39, 0.29) is 10.8 Å². The fraction of sp³-hybridized carbons (Fsp3) is 0.400. The number of benzene rings is 1. The van der Waals surface area contributed by atoms with Crippen LogP contribution in [0.1, 0.15) is 30.6 Å². The number of thiophene rings is 1. The maximum absolute atomic E-state index is 13.1. The first kappa shape index (κ1) is 20.5. The van der Waals surface area contributed by atoms with Crippen LogP contribution in [0.25, 0.3) is 0 Å². The first-order chi connectivity index (χ1) is 13.4. The molecule has 0 bridgehead atoms. The third-order valence-electron chi connectivity index (χ3n) is 5.03. The molecule has 1 aliphatic heterocycles. The van der Waals surface area contributed by atoms with Gasteiger partial charge in [0.2, 0.25) is 0 Å². The third kappa shape index (κ3) is 4.62. The van der Waals surface area contributed by atoms with Gasteiger partial charge in [0.25, 0.3) is 0 Å². The normalized spacial score (nSPS) is 16.5. The van der Waals surface area contributed by atoms with Crippen molar-refractivity contribution in [3.63, 3.8) is 0 Å². The third-order valence-corrected chi connectivity index (χ3v) is 8.57. The summed E-state index contributed by atoms with van der Waals surface area (Å²) in [5.74, 6) is -0.797. The van der Waals surface area contributed by atoms with Crippen molar-refractivity contribution in [2.75, 3.05) is 19.6 Å². The van der Waals surface area contributed by atoms with E-state index in [0.717, 1.165) is 24.2 Å². The lowest BCUT2D eigenvalue weighted by Gasteiger charge is -2.29. The summed E-state index contributed by atoms with van der Waals surface area (Å²) in [7, 11) is -3.69. The minimum atomic E-state index is -3.69. The Bertz CT molecular complexity index is 903. The summed E-state index contributed by atoms with van der Waals surface area (Å²) in [4.78, 5) is 26.3. The van der Waals surface area contributed by atoms with E-state index in [1.165, 1.54) is 0 Å². The lowest BCUT2D eigenvalue weighted by molar-refractivity contribution is -0.146. The van der Waals surface area contributed by atoms with Gasteiger partial charge in [0, 0.05) is 19.6 Å². The number of piperidine rings is 1. The molecule has 0 saturated carbocycles. The van der Waals surface area contributed by atoms with E-state index in [0.29, 0.717) is 24.6 Å². The van der Waals surface area contributed by atoms with Crippen molar-refractivity contribution < 1.29 is 18.0 Å². The molecule has 0 unspecified atom stereocenters. The number of hydrogen-bond acceptors (Lipinski definition) is 5. The highest BCUT2D eigenvalue weighted by Gasteiger charge is 2.32. The van der Waals surface area contributed by atoms with Crippen LogP contribution in [0.4, 0.5) is 0 Å². The average molecular weight is 421 g/mol. The van der Waals surface area contributed by atoms with Crippen molar-refractivity contribution in [1.82, 2.24) is 10.2 Å². The number of likely N-dealkylation sites (tertiary alicyclic amines) is 1. The molecule has 1 aromatic carbocycles. The van der Waals surface area contributed by atoms with E-state index < -0.39 is 26.9 Å². The zero-order valence-corrected chi connectivity index (χ0v) is 17.3. The van der Waals surface area contributed by atoms with Crippen LogP contribution >= 0.6 is 11.3 Å². The molecular weight excluding hydrogens is 396 g/mol. The summed E-state index contributed by atoms with van der Waals surface area (Å²) < 4.78 is 26.4. The minimum absolute atomic E-state index is 0.154. The molecule has 0 aliphatic carbocycles. The van der Waals surface area contributed by atoms with Gasteiger partial charge < -0.3 is 10.2 Å². The molecular formula is C20H24N2O4S2. The number of nitrogens with one attached hydrogen (secondary N) is 1. The summed E-state index contributed by atoms with van der Waals surface area (Å²) >= 11 is 1.14. The Morgan fingerprint density at radius 2 is 1.82 bits per heavy atom. The molecule has 2 amide bonds. The van der Waals surface area contributed by atoms with E-state index >= 15 is 0 Å². The first-order valence-electron chi connectivity index (χ1n) is 9.29. The number of sulfone groups is 1. The molecule has 3 rings (SSSR count). The fourth-order valence-electron chi connectivity index (χ4n) is 3.26. The summed E-state index contributed by atoms with van der Waals surface area (Å²) in [5.41, 5.74) is 0.579. The molecule has 1 saturated heterocycles. The Labute approximate surface area is 169 Å². The number of rotatable bonds is 5. The molecule has 1 aromatic heterocycles. The van der Waals surface area contributed by atoms with Crippen molar-refractivity contribution in [2.45, 2.75) is 29.2 Å². The van der Waals surface area contributed by atoms with Gasteiger partial charge in [-0.2, -0.15) is 0 Å². The van der Waals surface area contributed by atoms with E-state index in [2.05, 4.69) is 12.2 Å². The highest BCUT2D eigenvalue weighted by molar-refractivity contribution is 7.93. The molecule has 28 heavy (non-hydrogen) atoms. The highest BCUT2D eigenvalue weighted by Crippen LogP contribution is 2.31. The van der Waals surface area contributed by atoms with Crippen LogP contribution in [0, 0.1) is 5.92 Å². The van der Waals surface area contributed by atoms with E-state index in [1.54, 1.807) is 52.7 Å². The zero-order chi connectivity index (χ0) is 20.1. The smallest absolute Gasteiger partial charge is 0.311 e. The van der Waals surface area contributed by atoms with Crippen molar-refractivity contribution in [2.24, 2.45) is 5.92 Å². The number of hydrogen-bond donors (Lipinski definition) is 1. The standard InChI is InChI=1S/C20H24N2O4S2/c1-15-9-11-22(12-10-15)20(24)19(23)21-14-17(16-6-3-2-4-7-16)28(25,26)18-8-5-13-27-18/h2-8,13,15,17H,9-12,14H2,1H3,(H,21,23)/t17-/m0/s1. The van der Waals surface area contributed by atoms with Gasteiger partial charge in [-0.05, 0) is 35.8 Å². The molecule has 2 heterocycles. The summed E-state index contributed by atoms with van der Waals surface area (Å²) in [6, 6.07) is 12.0. The first-order valence-corrected chi connectivity index (χ1v) is 11.7. The Kier molecular flexibility index (Phi) is 6.51. The molecule has 6 nitrogen and oxygen atoms in total. The van der Waals surface area contributed by atoms with Gasteiger partial charge in [0.05, 0.1) is 0 Å². The lowest BCUT2D eigenvalue weighted by Crippen LogP contribution is -2.47. The average Bonchev–Trinajstić information content (AvgIpc) is 3.24. The van der Waals surface area contributed by atoms with Gasteiger partial charge in [-0.15, -0.1) is 11.3 Å². The van der Waals surface area contributed by atoms with Gasteiger partial charge in [0.1, 0.15) is 9.46 Å². The Morgan fingerprint density at radius 1 is 1.14 bits per heavy atom. The molecule has 2 aromatic rings. The molecule has 0 spiro atoms. The SMILES string of the molecule is CC1CCN(C(=O)C(=O)NC[C@@H](c2ccccc2)S(=O)(=O)c2cccs2)CC1. The van der Waals surface area contributed by atoms with Gasteiger partial charge in [-0.1, -0.05) is 43.3 Å². The van der Waals surface area contributed by atoms with Crippen LogP contribution in [-0.4, -0.2) is 44.8 Å². The Balaban J connectivity index is 1.74. The molecule has 1 fully saturated rings. The predicted octanol–water partition coefficient (Wildman–Crippen LogP) is 2.64. The van der Waals surface area contributed by atoms with E-state index in [4.69, 9.17) is 0 Å². The van der Waals surface area contributed by atoms with Crippen molar-refractivity contribution >= 4 is 33.0 Å². The Hall–Kier alpha value is -2.19. The maximum Gasteiger partial charge on any atom is 0.311 e. The van der Waals surface area contributed by atoms with Crippen LogP contribution in [-0.2, 0) is 19.4 Å². The number of carbonyl (C=O) groups excluding carboxylic acids is 2. The number of nitrogens with zero attached hydrogens (tertiary/aromatic N) is 1. The molecule has 1 aliphatic rings. The molecule has 1 atom stereocenters. The maximum atomic E-state index is 13.1. The number of amides is 2. The second kappa shape index (κ2) is 8.87. The highest BCUT2D eigenvalue weighted by atomic mass is 32.2. The summed E-state index contributed by atoms with van der Waals surface area (Å²) in [6.07, 6.45) is 1.75. The van der Waals surface area contributed by atoms with Gasteiger partial charge in [-0.25, -0.2) is 8.42 Å². The lowest BCUT2D eigenvalue weighted by atomic mass is 9.99. The molecule has 0 radical (unpaired) electrons. The van der Waals surface area contributed by atoms with Gasteiger partial charge in [0.15, 0.2) is 9.84 Å². The quantitative estimate of drug-likeness (QED) is 0.754. The van der Waals surface area contributed by atoms with Crippen LogP contribution < -0.4 is 5.32 Å². The molecule has 150 valence electrons. The van der Waals surface area contributed by atoms with Gasteiger partial charge in [-0.3, -0.25) is 9.59 Å². The van der Waals surface area contributed by atoms with E-state index in [9.17, 15) is 18.0 Å². The minimum Gasteiger partial charge on any atom is -0.346 e. The monoisotopic (exact) mass is 420 g/mol. The van der Waals surface area contributed by atoms with Crippen molar-refractivity contribution in [3.8, 4) is 0 Å². The van der Waals surface area contributed by atoms with Crippen LogP contribution in [0.5, 0.6) is 0 Å². The van der Waals surface area contributed by atoms with Crippen LogP contribution in [0.2, 0.25) is 0 Å². The van der Waals surface area contributed by atoms with Gasteiger partial charge >= 0.3 is 11.8 Å². The zero-order valence-electron chi connectivity index (χ0n) is 15.7. The summed E-state index contributed by atoms with van der Waals surface area (Å²) in [5, 5.41) is 3.30. The van der Waals surface area contributed by atoms with Crippen molar-refractivity contribution in [3.05, 3.63) is 53.4 Å². The van der Waals surface area contributed by atoms with E-state index in [1.807, 2.05) is 0 Å². The van der Waals surface area contributed by atoms with Crippen LogP contribution in [0.15, 0.2) is 52.1 Å². The molecule has 8 heteroatoms. The summed E-state index contributed by atoms with van der Waals surface area (Å²) in [6.45, 7) is 3.09. The Morgan fingerprint density at radius 3 is 2.43 bits per heavy atom. The topological polar surface area (TPSA) is 83.6 Å². The van der Waals surface area contributed by atoms with Crippen LogP contribution in [0.3, 0.4) is 0 Å². The number of carbonyl (C=O) groups is 2. The predicted molar refractivity (Wildman–Crippen MR) is 109 cm³/mol. The fourth-order valence-corrected chi connectivity index (χ4v) is 6.12. The molecule has 1 N–H and O–H groups in total. The second-order valence-corrected chi connectivity index (χ2v) is 10.4. The van der Waals surface area contributed by atoms with Crippen molar-refractivity contribution in [1.29, 1.82) is 0 Å². The second-order valence-electron chi connectivity index (χ2n) is 7.06.